The van der Waals surface area contributed by atoms with Gasteiger partial charge in [-0.25, -0.2) is 4.98 Å². The number of anilines is 1. The zero-order chi connectivity index (χ0) is 9.10. The minimum Gasteiger partial charge on any atom is -0.383 e. The SMILES string of the molecule is Nc1ncsc1CNC1CCCC1. The number of nitrogens with one attached hydrogen (secondary N) is 1. The molecule has 1 aromatic heterocycles. The molecule has 1 heterocycles. The largest absolute Gasteiger partial charge is 0.383 e. The first-order valence-corrected chi connectivity index (χ1v) is 5.65. The molecule has 1 saturated carbocycles. The lowest BCUT2D eigenvalue weighted by Gasteiger charge is -2.10. The number of nitrogens with two attached hydrogens (primary N) is 1. The molecule has 0 radical (unpaired) electrons. The van der Waals surface area contributed by atoms with Crippen LogP contribution >= 0.6 is 11.3 Å². The van der Waals surface area contributed by atoms with Gasteiger partial charge in [0.1, 0.15) is 5.82 Å². The Hall–Kier alpha value is -0.610. The molecule has 0 atom stereocenters. The van der Waals surface area contributed by atoms with Gasteiger partial charge in [-0.05, 0) is 12.8 Å². The highest BCUT2D eigenvalue weighted by Gasteiger charge is 2.14. The van der Waals surface area contributed by atoms with Crippen molar-refractivity contribution in [1.29, 1.82) is 0 Å². The van der Waals surface area contributed by atoms with Gasteiger partial charge < -0.3 is 11.1 Å². The standard InChI is InChI=1S/C9H15N3S/c10-9-8(13-6-12-9)5-11-7-3-1-2-4-7/h6-7,11H,1-5,10H2. The Kier molecular flexibility index (Phi) is 2.80. The third-order valence-electron chi connectivity index (χ3n) is 2.58. The molecular formula is C9H15N3S. The summed E-state index contributed by atoms with van der Waals surface area (Å²) in [5.74, 6) is 0.690. The molecule has 1 aromatic rings. The van der Waals surface area contributed by atoms with E-state index in [0.717, 1.165) is 6.54 Å². The fourth-order valence-electron chi connectivity index (χ4n) is 1.78. The molecule has 0 saturated heterocycles. The van der Waals surface area contributed by atoms with Crippen LogP contribution in [0.25, 0.3) is 0 Å². The molecule has 2 rings (SSSR count). The van der Waals surface area contributed by atoms with Gasteiger partial charge in [0.05, 0.1) is 10.4 Å². The third-order valence-corrected chi connectivity index (χ3v) is 3.43. The van der Waals surface area contributed by atoms with Crippen molar-refractivity contribution in [1.82, 2.24) is 10.3 Å². The Labute approximate surface area is 82.4 Å². The summed E-state index contributed by atoms with van der Waals surface area (Å²) < 4.78 is 0. The Morgan fingerprint density at radius 2 is 2.31 bits per heavy atom. The van der Waals surface area contributed by atoms with Crippen molar-refractivity contribution in [2.45, 2.75) is 38.3 Å². The van der Waals surface area contributed by atoms with E-state index >= 15 is 0 Å². The van der Waals surface area contributed by atoms with Crippen LogP contribution in [0.1, 0.15) is 30.6 Å². The van der Waals surface area contributed by atoms with E-state index in [1.807, 2.05) is 0 Å². The molecule has 0 spiro atoms. The van der Waals surface area contributed by atoms with E-state index in [4.69, 9.17) is 5.73 Å². The van der Waals surface area contributed by atoms with E-state index in [1.165, 1.54) is 30.6 Å². The van der Waals surface area contributed by atoms with E-state index in [2.05, 4.69) is 10.3 Å². The Morgan fingerprint density at radius 3 is 2.92 bits per heavy atom. The number of aromatic nitrogens is 1. The first-order chi connectivity index (χ1) is 6.36. The third kappa shape index (κ3) is 2.19. The monoisotopic (exact) mass is 197 g/mol. The molecule has 3 N–H and O–H groups in total. The summed E-state index contributed by atoms with van der Waals surface area (Å²) in [6.45, 7) is 0.890. The average Bonchev–Trinajstić information content (AvgIpc) is 2.72. The topological polar surface area (TPSA) is 50.9 Å². The highest BCUT2D eigenvalue weighted by molar-refractivity contribution is 7.10. The number of hydrogen-bond acceptors (Lipinski definition) is 4. The first kappa shape index (κ1) is 8.97. The summed E-state index contributed by atoms with van der Waals surface area (Å²) in [6.07, 6.45) is 5.38. The normalized spacial score (nSPS) is 18.2. The van der Waals surface area contributed by atoms with Crippen LogP contribution in [0, 0.1) is 0 Å². The van der Waals surface area contributed by atoms with Gasteiger partial charge in [-0.1, -0.05) is 12.8 Å². The number of hydrogen-bond donors (Lipinski definition) is 2. The van der Waals surface area contributed by atoms with Crippen molar-refractivity contribution in [2.75, 3.05) is 5.73 Å². The molecule has 0 aromatic carbocycles. The molecule has 1 aliphatic carbocycles. The van der Waals surface area contributed by atoms with E-state index in [-0.39, 0.29) is 0 Å². The van der Waals surface area contributed by atoms with E-state index in [1.54, 1.807) is 16.8 Å². The smallest absolute Gasteiger partial charge is 0.138 e. The zero-order valence-electron chi connectivity index (χ0n) is 7.62. The molecule has 0 unspecified atom stereocenters. The van der Waals surface area contributed by atoms with Gasteiger partial charge >= 0.3 is 0 Å². The fraction of sp³-hybridized carbons (Fsp3) is 0.667. The molecule has 72 valence electrons. The second-order valence-electron chi connectivity index (χ2n) is 3.52. The predicted molar refractivity (Wildman–Crippen MR) is 55.6 cm³/mol. The maximum absolute atomic E-state index is 5.68. The predicted octanol–water partition coefficient (Wildman–Crippen LogP) is 1.76. The quantitative estimate of drug-likeness (QED) is 0.776. The van der Waals surface area contributed by atoms with Gasteiger partial charge in [0.15, 0.2) is 0 Å². The molecule has 0 bridgehead atoms. The van der Waals surface area contributed by atoms with Gasteiger partial charge in [0.2, 0.25) is 0 Å². The lowest BCUT2D eigenvalue weighted by molar-refractivity contribution is 0.527. The van der Waals surface area contributed by atoms with Gasteiger partial charge in [0.25, 0.3) is 0 Å². The molecule has 1 fully saturated rings. The number of nitrogen functional groups attached to an aromatic ring is 1. The Morgan fingerprint density at radius 1 is 1.54 bits per heavy atom. The average molecular weight is 197 g/mol. The summed E-state index contributed by atoms with van der Waals surface area (Å²) >= 11 is 1.63. The van der Waals surface area contributed by atoms with Crippen LogP contribution in [-0.2, 0) is 6.54 Å². The van der Waals surface area contributed by atoms with Crippen LogP contribution < -0.4 is 11.1 Å². The van der Waals surface area contributed by atoms with Crippen molar-refractivity contribution in [3.05, 3.63) is 10.4 Å². The number of thiazole rings is 1. The van der Waals surface area contributed by atoms with Gasteiger partial charge in [-0.15, -0.1) is 11.3 Å². The highest BCUT2D eigenvalue weighted by atomic mass is 32.1. The van der Waals surface area contributed by atoms with Gasteiger partial charge in [0, 0.05) is 12.6 Å². The van der Waals surface area contributed by atoms with Crippen molar-refractivity contribution < 1.29 is 0 Å². The second kappa shape index (κ2) is 4.07. The summed E-state index contributed by atoms with van der Waals surface area (Å²) in [4.78, 5) is 5.19. The van der Waals surface area contributed by atoms with Gasteiger partial charge in [-0.2, -0.15) is 0 Å². The van der Waals surface area contributed by atoms with Crippen molar-refractivity contribution in [3.8, 4) is 0 Å². The number of nitrogens with zero attached hydrogens (tertiary/aromatic N) is 1. The molecule has 1 aliphatic rings. The Balaban J connectivity index is 1.82. The molecular weight excluding hydrogens is 182 g/mol. The highest BCUT2D eigenvalue weighted by Crippen LogP contribution is 2.20. The fourth-order valence-corrected chi connectivity index (χ4v) is 2.41. The maximum atomic E-state index is 5.68. The van der Waals surface area contributed by atoms with Crippen molar-refractivity contribution in [3.63, 3.8) is 0 Å². The van der Waals surface area contributed by atoms with E-state index in [0.29, 0.717) is 11.9 Å². The summed E-state index contributed by atoms with van der Waals surface area (Å²) in [6, 6.07) is 0.710. The molecule has 0 amide bonds. The molecule has 13 heavy (non-hydrogen) atoms. The van der Waals surface area contributed by atoms with Crippen LogP contribution in [0.5, 0.6) is 0 Å². The lowest BCUT2D eigenvalue weighted by Crippen LogP contribution is -2.25. The van der Waals surface area contributed by atoms with Crippen LogP contribution in [0.15, 0.2) is 5.51 Å². The summed E-state index contributed by atoms with van der Waals surface area (Å²) in [5, 5.41) is 3.52. The number of rotatable bonds is 3. The van der Waals surface area contributed by atoms with Crippen molar-refractivity contribution in [2.24, 2.45) is 0 Å². The molecule has 4 heteroatoms. The zero-order valence-corrected chi connectivity index (χ0v) is 8.44. The van der Waals surface area contributed by atoms with E-state index in [9.17, 15) is 0 Å². The van der Waals surface area contributed by atoms with E-state index < -0.39 is 0 Å². The first-order valence-electron chi connectivity index (χ1n) is 4.77. The molecule has 0 aliphatic heterocycles. The van der Waals surface area contributed by atoms with Crippen molar-refractivity contribution >= 4 is 17.2 Å². The second-order valence-corrected chi connectivity index (χ2v) is 4.46. The van der Waals surface area contributed by atoms with Crippen LogP contribution in [-0.4, -0.2) is 11.0 Å². The minimum atomic E-state index is 0.690. The minimum absolute atomic E-state index is 0.690. The van der Waals surface area contributed by atoms with Crippen LogP contribution in [0.2, 0.25) is 0 Å². The maximum Gasteiger partial charge on any atom is 0.138 e. The Bertz CT molecular complexity index is 266. The lowest BCUT2D eigenvalue weighted by atomic mass is 10.2. The molecule has 3 nitrogen and oxygen atoms in total. The van der Waals surface area contributed by atoms with Crippen LogP contribution in [0.4, 0.5) is 5.82 Å². The summed E-state index contributed by atoms with van der Waals surface area (Å²) in [7, 11) is 0. The van der Waals surface area contributed by atoms with Gasteiger partial charge in [-0.3, -0.25) is 0 Å². The summed E-state index contributed by atoms with van der Waals surface area (Å²) in [5.41, 5.74) is 7.49. The van der Waals surface area contributed by atoms with Crippen LogP contribution in [0.3, 0.4) is 0 Å².